The first-order chi connectivity index (χ1) is 9.51. The highest BCUT2D eigenvalue weighted by Crippen LogP contribution is 2.21. The average molecular weight is 299 g/mol. The summed E-state index contributed by atoms with van der Waals surface area (Å²) in [6.07, 6.45) is -0.726. The highest BCUT2D eigenvalue weighted by molar-refractivity contribution is 6.31. The molecule has 1 aromatic rings. The van der Waals surface area contributed by atoms with Crippen molar-refractivity contribution in [1.82, 2.24) is 10.2 Å². The van der Waals surface area contributed by atoms with Crippen molar-refractivity contribution in [3.8, 4) is 0 Å². The van der Waals surface area contributed by atoms with Crippen LogP contribution in [-0.2, 0) is 4.79 Å². The van der Waals surface area contributed by atoms with Crippen molar-refractivity contribution < 1.29 is 9.90 Å². The normalized spacial score (nSPS) is 13.8. The Labute approximate surface area is 125 Å². The topological polar surface area (TPSA) is 52.6 Å². The number of carbonyl (C=O) groups is 1. The number of rotatable bonds is 7. The Hall–Kier alpha value is -1.10. The fourth-order valence-electron chi connectivity index (χ4n) is 2.04. The molecule has 0 aliphatic carbocycles. The molecule has 1 aromatic carbocycles. The van der Waals surface area contributed by atoms with Gasteiger partial charge in [0.1, 0.15) is 0 Å². The predicted molar refractivity (Wildman–Crippen MR) is 81.8 cm³/mol. The maximum absolute atomic E-state index is 12.1. The van der Waals surface area contributed by atoms with Gasteiger partial charge in [-0.2, -0.15) is 0 Å². The molecule has 0 saturated carbocycles. The van der Waals surface area contributed by atoms with Gasteiger partial charge in [0.15, 0.2) is 0 Å². The molecule has 0 saturated heterocycles. The number of aliphatic hydroxyl groups is 1. The van der Waals surface area contributed by atoms with Gasteiger partial charge in [-0.25, -0.2) is 0 Å². The summed E-state index contributed by atoms with van der Waals surface area (Å²) >= 11 is 6.03. The molecule has 0 bridgehead atoms. The smallest absolute Gasteiger partial charge is 0.239 e. The number of hydrogen-bond donors (Lipinski definition) is 2. The Morgan fingerprint density at radius 3 is 2.50 bits per heavy atom. The van der Waals surface area contributed by atoms with Crippen LogP contribution < -0.4 is 5.32 Å². The van der Waals surface area contributed by atoms with Crippen LogP contribution in [0.25, 0.3) is 0 Å². The number of carbonyl (C=O) groups excluding carboxylic acids is 1. The van der Waals surface area contributed by atoms with Gasteiger partial charge in [0, 0.05) is 30.2 Å². The monoisotopic (exact) mass is 298 g/mol. The maximum atomic E-state index is 12.1. The Balaban J connectivity index is 2.54. The molecule has 1 amide bonds. The minimum Gasteiger partial charge on any atom is -0.387 e. The second kappa shape index (κ2) is 8.25. The van der Waals surface area contributed by atoms with Crippen LogP contribution in [0.4, 0.5) is 0 Å². The minimum atomic E-state index is -0.726. The van der Waals surface area contributed by atoms with Crippen molar-refractivity contribution in [2.45, 2.75) is 32.9 Å². The van der Waals surface area contributed by atoms with Gasteiger partial charge >= 0.3 is 0 Å². The number of aliphatic hydroxyl groups excluding tert-OH is 1. The molecule has 0 aliphatic rings. The van der Waals surface area contributed by atoms with Gasteiger partial charge in [-0.3, -0.25) is 4.79 Å². The minimum absolute atomic E-state index is 0.0429. The van der Waals surface area contributed by atoms with Crippen LogP contribution in [0.3, 0.4) is 0 Å². The van der Waals surface area contributed by atoms with Crippen LogP contribution in [0.1, 0.15) is 32.4 Å². The summed E-state index contributed by atoms with van der Waals surface area (Å²) in [6.45, 7) is 7.38. The van der Waals surface area contributed by atoms with E-state index in [0.717, 1.165) is 0 Å². The summed E-state index contributed by atoms with van der Waals surface area (Å²) in [5.41, 5.74) is 0.671. The van der Waals surface area contributed by atoms with Gasteiger partial charge < -0.3 is 15.3 Å². The number of amides is 1. The van der Waals surface area contributed by atoms with E-state index in [9.17, 15) is 9.90 Å². The van der Waals surface area contributed by atoms with Gasteiger partial charge in [-0.15, -0.1) is 0 Å². The lowest BCUT2D eigenvalue weighted by atomic mass is 10.1. The largest absolute Gasteiger partial charge is 0.387 e. The Morgan fingerprint density at radius 2 is 1.95 bits per heavy atom. The number of likely N-dealkylation sites (N-methyl/N-ethyl adjacent to an activating group) is 1. The van der Waals surface area contributed by atoms with Crippen molar-refractivity contribution in [2.24, 2.45) is 0 Å². The molecule has 5 heteroatoms. The maximum Gasteiger partial charge on any atom is 0.239 e. The first-order valence-corrected chi connectivity index (χ1v) is 7.33. The summed E-state index contributed by atoms with van der Waals surface area (Å²) in [6, 6.07) is 6.84. The van der Waals surface area contributed by atoms with Crippen molar-refractivity contribution in [1.29, 1.82) is 0 Å². The lowest BCUT2D eigenvalue weighted by Crippen LogP contribution is -2.45. The van der Waals surface area contributed by atoms with Crippen LogP contribution in [0.2, 0.25) is 5.02 Å². The highest BCUT2D eigenvalue weighted by Gasteiger charge is 2.19. The van der Waals surface area contributed by atoms with Crippen molar-refractivity contribution in [2.75, 3.05) is 19.6 Å². The van der Waals surface area contributed by atoms with Gasteiger partial charge in [0.25, 0.3) is 0 Å². The molecule has 1 rings (SSSR count). The zero-order valence-corrected chi connectivity index (χ0v) is 13.0. The van der Waals surface area contributed by atoms with E-state index in [1.165, 1.54) is 0 Å². The number of nitrogens with one attached hydrogen (secondary N) is 1. The molecule has 20 heavy (non-hydrogen) atoms. The van der Waals surface area contributed by atoms with Crippen molar-refractivity contribution in [3.63, 3.8) is 0 Å². The first kappa shape index (κ1) is 17.0. The zero-order chi connectivity index (χ0) is 15.1. The second-order valence-corrected chi connectivity index (χ2v) is 5.08. The van der Waals surface area contributed by atoms with E-state index in [1.54, 1.807) is 24.0 Å². The predicted octanol–water partition coefficient (Wildman–Crippen LogP) is 2.22. The van der Waals surface area contributed by atoms with Crippen LogP contribution in [-0.4, -0.2) is 41.6 Å². The van der Waals surface area contributed by atoms with Crippen LogP contribution >= 0.6 is 11.6 Å². The third-order valence-electron chi connectivity index (χ3n) is 3.33. The van der Waals surface area contributed by atoms with E-state index < -0.39 is 6.10 Å². The van der Waals surface area contributed by atoms with E-state index in [4.69, 9.17) is 11.6 Å². The van der Waals surface area contributed by atoms with E-state index in [2.05, 4.69) is 5.32 Å². The summed E-state index contributed by atoms with van der Waals surface area (Å²) < 4.78 is 0. The molecular formula is C15H23ClN2O2. The number of nitrogens with zero attached hydrogens (tertiary/aromatic N) is 1. The highest BCUT2D eigenvalue weighted by atomic mass is 35.5. The third-order valence-corrected chi connectivity index (χ3v) is 3.67. The molecule has 2 unspecified atom stereocenters. The summed E-state index contributed by atoms with van der Waals surface area (Å²) in [5, 5.41) is 13.7. The molecule has 2 N–H and O–H groups in total. The molecule has 4 nitrogen and oxygen atoms in total. The number of halogens is 1. The summed E-state index contributed by atoms with van der Waals surface area (Å²) in [5.74, 6) is 0.0429. The van der Waals surface area contributed by atoms with Gasteiger partial charge in [-0.1, -0.05) is 29.8 Å². The van der Waals surface area contributed by atoms with Crippen molar-refractivity contribution in [3.05, 3.63) is 34.9 Å². The number of benzene rings is 1. The Kier molecular flexibility index (Phi) is 6.99. The third kappa shape index (κ3) is 4.47. The lowest BCUT2D eigenvalue weighted by molar-refractivity contribution is -0.132. The van der Waals surface area contributed by atoms with E-state index >= 15 is 0 Å². The summed E-state index contributed by atoms with van der Waals surface area (Å²) in [7, 11) is 0. The molecule has 112 valence electrons. The molecule has 0 spiro atoms. The van der Waals surface area contributed by atoms with E-state index in [1.807, 2.05) is 26.0 Å². The Morgan fingerprint density at radius 1 is 1.35 bits per heavy atom. The summed E-state index contributed by atoms with van der Waals surface area (Å²) in [4.78, 5) is 13.8. The quantitative estimate of drug-likeness (QED) is 0.811. The standard InChI is InChI=1S/C15H23ClN2O2/c1-4-18(5-2)15(20)11(3)17-10-14(19)12-8-6-7-9-13(12)16/h6-9,11,14,17,19H,4-5,10H2,1-3H3. The Bertz CT molecular complexity index is 436. The second-order valence-electron chi connectivity index (χ2n) is 4.68. The molecular weight excluding hydrogens is 276 g/mol. The van der Waals surface area contributed by atoms with Crippen molar-refractivity contribution >= 4 is 17.5 Å². The van der Waals surface area contributed by atoms with Gasteiger partial charge in [0.05, 0.1) is 12.1 Å². The van der Waals surface area contributed by atoms with E-state index in [-0.39, 0.29) is 18.5 Å². The van der Waals surface area contributed by atoms with Crippen LogP contribution in [0.5, 0.6) is 0 Å². The van der Waals surface area contributed by atoms with E-state index in [0.29, 0.717) is 23.7 Å². The zero-order valence-electron chi connectivity index (χ0n) is 12.3. The van der Waals surface area contributed by atoms with Crippen LogP contribution in [0, 0.1) is 0 Å². The first-order valence-electron chi connectivity index (χ1n) is 6.95. The molecule has 0 aromatic heterocycles. The van der Waals surface area contributed by atoms with Gasteiger partial charge in [0.2, 0.25) is 5.91 Å². The fourth-order valence-corrected chi connectivity index (χ4v) is 2.30. The molecule has 0 fully saturated rings. The van der Waals surface area contributed by atoms with Gasteiger partial charge in [-0.05, 0) is 26.8 Å². The average Bonchev–Trinajstić information content (AvgIpc) is 2.46. The lowest BCUT2D eigenvalue weighted by Gasteiger charge is -2.24. The SMILES string of the molecule is CCN(CC)C(=O)C(C)NCC(O)c1ccccc1Cl. The fraction of sp³-hybridized carbons (Fsp3) is 0.533. The molecule has 0 heterocycles. The number of hydrogen-bond acceptors (Lipinski definition) is 3. The molecule has 2 atom stereocenters. The van der Waals surface area contributed by atoms with Crippen LogP contribution in [0.15, 0.2) is 24.3 Å². The molecule has 0 aliphatic heterocycles. The molecule has 0 radical (unpaired) electrons.